The highest BCUT2D eigenvalue weighted by molar-refractivity contribution is 6.36. The van der Waals surface area contributed by atoms with Crippen molar-refractivity contribution < 1.29 is 13.7 Å². The molecule has 0 aromatic heterocycles. The van der Waals surface area contributed by atoms with Crippen LogP contribution in [-0.2, 0) is 0 Å². The van der Waals surface area contributed by atoms with E-state index < -0.39 is 32.3 Å². The Hall–Kier alpha value is -0.940. The highest BCUT2D eigenvalue weighted by atomic mass is 35.5. The monoisotopic (exact) mass is 227 g/mol. The van der Waals surface area contributed by atoms with Gasteiger partial charge in [0.25, 0.3) is 0 Å². The van der Waals surface area contributed by atoms with Crippen LogP contribution in [0.25, 0.3) is 0 Å². The van der Waals surface area contributed by atoms with E-state index in [0.717, 1.165) is 0 Å². The van der Waals surface area contributed by atoms with Crippen LogP contribution in [0.2, 0.25) is 10.0 Å². The lowest BCUT2D eigenvalue weighted by Gasteiger charge is -1.99. The first-order valence-corrected chi connectivity index (χ1v) is 3.68. The van der Waals surface area contributed by atoms with Gasteiger partial charge in [0.15, 0.2) is 10.8 Å². The summed E-state index contributed by atoms with van der Waals surface area (Å²) in [5, 5.41) is 8.67. The van der Waals surface area contributed by atoms with Crippen molar-refractivity contribution in [3.8, 4) is 0 Å². The first-order valence-electron chi connectivity index (χ1n) is 2.92. The van der Waals surface area contributed by atoms with Gasteiger partial charge in [0.05, 0.1) is 9.95 Å². The van der Waals surface area contributed by atoms with E-state index >= 15 is 0 Å². The van der Waals surface area contributed by atoms with Gasteiger partial charge in [0.2, 0.25) is 5.82 Å². The summed E-state index contributed by atoms with van der Waals surface area (Å²) in [6.45, 7) is 0. The Morgan fingerprint density at radius 1 is 1.38 bits per heavy atom. The molecule has 0 bridgehead atoms. The van der Waals surface area contributed by atoms with Gasteiger partial charge >= 0.3 is 5.69 Å². The van der Waals surface area contributed by atoms with Crippen molar-refractivity contribution in [2.45, 2.75) is 0 Å². The molecule has 0 spiro atoms. The van der Waals surface area contributed by atoms with Crippen LogP contribution in [0.4, 0.5) is 14.5 Å². The molecule has 0 unspecified atom stereocenters. The van der Waals surface area contributed by atoms with E-state index in [1.54, 1.807) is 0 Å². The smallest absolute Gasteiger partial charge is 0.258 e. The molecule has 1 rings (SSSR count). The van der Waals surface area contributed by atoms with Crippen molar-refractivity contribution in [3.63, 3.8) is 0 Å². The van der Waals surface area contributed by atoms with Gasteiger partial charge in [-0.1, -0.05) is 23.2 Å². The fraction of sp³-hybridized carbons (Fsp3) is 0. The minimum Gasteiger partial charge on any atom is -0.258 e. The van der Waals surface area contributed by atoms with Crippen LogP contribution in [0.1, 0.15) is 0 Å². The predicted octanol–water partition coefficient (Wildman–Crippen LogP) is 3.18. The molecule has 0 fully saturated rings. The maximum Gasteiger partial charge on any atom is 0.326 e. The SMILES string of the molecule is O=[N+]([O-])c1c(F)cc(Cl)c(F)c1Cl. The molecule has 0 saturated heterocycles. The van der Waals surface area contributed by atoms with E-state index in [2.05, 4.69) is 0 Å². The highest BCUT2D eigenvalue weighted by Crippen LogP contribution is 2.34. The van der Waals surface area contributed by atoms with Crippen LogP contribution in [0.15, 0.2) is 6.07 Å². The van der Waals surface area contributed by atoms with E-state index in [0.29, 0.717) is 6.07 Å². The molecule has 1 aromatic rings. The molecule has 70 valence electrons. The molecule has 0 aliphatic heterocycles. The number of hydrogen-bond donors (Lipinski definition) is 0. The zero-order chi connectivity index (χ0) is 10.2. The van der Waals surface area contributed by atoms with Gasteiger partial charge in [-0.2, -0.15) is 4.39 Å². The second-order valence-corrected chi connectivity index (χ2v) is 2.86. The standard InChI is InChI=1S/C6HCl2F2NO2/c7-2-1-3(9)6(11(12)13)4(8)5(2)10/h1H. The third kappa shape index (κ3) is 1.71. The summed E-state index contributed by atoms with van der Waals surface area (Å²) in [5.74, 6) is -2.46. The molecule has 0 aliphatic rings. The van der Waals surface area contributed by atoms with Gasteiger partial charge in [-0.05, 0) is 0 Å². The Morgan fingerprint density at radius 2 is 1.92 bits per heavy atom. The van der Waals surface area contributed by atoms with Crippen molar-refractivity contribution in [3.05, 3.63) is 37.9 Å². The van der Waals surface area contributed by atoms with Crippen LogP contribution in [0.3, 0.4) is 0 Å². The largest absolute Gasteiger partial charge is 0.326 e. The number of rotatable bonds is 1. The molecule has 0 radical (unpaired) electrons. The fourth-order valence-corrected chi connectivity index (χ4v) is 1.22. The summed E-state index contributed by atoms with van der Waals surface area (Å²) in [6, 6.07) is 0.501. The maximum atomic E-state index is 12.8. The molecule has 0 heterocycles. The van der Waals surface area contributed by atoms with Crippen LogP contribution in [0.5, 0.6) is 0 Å². The van der Waals surface area contributed by atoms with Crippen molar-refractivity contribution in [1.82, 2.24) is 0 Å². The first kappa shape index (κ1) is 10.1. The molecular weight excluding hydrogens is 227 g/mol. The lowest BCUT2D eigenvalue weighted by Crippen LogP contribution is -1.96. The second-order valence-electron chi connectivity index (χ2n) is 2.07. The van der Waals surface area contributed by atoms with E-state index in [1.165, 1.54) is 0 Å². The number of nitro groups is 1. The van der Waals surface area contributed by atoms with Gasteiger partial charge in [0, 0.05) is 6.07 Å². The quantitative estimate of drug-likeness (QED) is 0.320. The zero-order valence-electron chi connectivity index (χ0n) is 5.85. The van der Waals surface area contributed by atoms with Gasteiger partial charge in [0.1, 0.15) is 0 Å². The molecule has 1 aromatic carbocycles. The number of halogens is 4. The second kappa shape index (κ2) is 3.43. The third-order valence-electron chi connectivity index (χ3n) is 1.27. The summed E-state index contributed by atoms with van der Waals surface area (Å²) >= 11 is 10.3. The van der Waals surface area contributed by atoms with Gasteiger partial charge in [-0.3, -0.25) is 10.1 Å². The van der Waals surface area contributed by atoms with E-state index in [9.17, 15) is 18.9 Å². The lowest BCUT2D eigenvalue weighted by atomic mass is 10.3. The zero-order valence-corrected chi connectivity index (χ0v) is 7.36. The Bertz CT molecular complexity index is 383. The van der Waals surface area contributed by atoms with Crippen LogP contribution in [-0.4, -0.2) is 4.92 Å². The average Bonchev–Trinajstić information content (AvgIpc) is 1.99. The van der Waals surface area contributed by atoms with Gasteiger partial charge in [-0.15, -0.1) is 0 Å². The first-order chi connectivity index (χ1) is 5.95. The summed E-state index contributed by atoms with van der Waals surface area (Å²) in [5.41, 5.74) is -1.11. The number of nitro benzene ring substituents is 1. The third-order valence-corrected chi connectivity index (χ3v) is 1.89. The van der Waals surface area contributed by atoms with E-state index in [1.807, 2.05) is 0 Å². The molecule has 7 heteroatoms. The molecule has 0 N–H and O–H groups in total. The van der Waals surface area contributed by atoms with Crippen molar-refractivity contribution in [2.75, 3.05) is 0 Å². The molecule has 0 amide bonds. The Kier molecular flexibility index (Phi) is 2.68. The average molecular weight is 228 g/mol. The number of benzene rings is 1. The van der Waals surface area contributed by atoms with Gasteiger partial charge < -0.3 is 0 Å². The van der Waals surface area contributed by atoms with Crippen molar-refractivity contribution in [2.24, 2.45) is 0 Å². The Balaban J connectivity index is 3.53. The summed E-state index contributed by atoms with van der Waals surface area (Å²) in [6.07, 6.45) is 0. The lowest BCUT2D eigenvalue weighted by molar-refractivity contribution is -0.387. The molecule has 0 saturated carbocycles. The van der Waals surface area contributed by atoms with Crippen molar-refractivity contribution >= 4 is 28.9 Å². The molecule has 0 aliphatic carbocycles. The summed E-state index contributed by atoms with van der Waals surface area (Å²) < 4.78 is 25.6. The van der Waals surface area contributed by atoms with E-state index in [-0.39, 0.29) is 0 Å². The van der Waals surface area contributed by atoms with E-state index in [4.69, 9.17) is 23.2 Å². The molecule has 13 heavy (non-hydrogen) atoms. The minimum atomic E-state index is -1.26. The minimum absolute atomic E-state index is 0.501. The fourth-order valence-electron chi connectivity index (χ4n) is 0.724. The maximum absolute atomic E-state index is 12.8. The Labute approximate surface area is 81.0 Å². The Morgan fingerprint density at radius 3 is 2.38 bits per heavy atom. The van der Waals surface area contributed by atoms with Crippen LogP contribution >= 0.6 is 23.2 Å². The molecule has 0 atom stereocenters. The normalized spacial score (nSPS) is 10.2. The summed E-state index contributed by atoms with van der Waals surface area (Å²) in [4.78, 5) is 9.06. The topological polar surface area (TPSA) is 43.1 Å². The predicted molar refractivity (Wildman–Crippen MR) is 43.0 cm³/mol. The number of nitrogens with zero attached hydrogens (tertiary/aromatic N) is 1. The summed E-state index contributed by atoms with van der Waals surface area (Å²) in [7, 11) is 0. The molecule has 3 nitrogen and oxygen atoms in total. The highest BCUT2D eigenvalue weighted by Gasteiger charge is 2.25. The number of hydrogen-bond acceptors (Lipinski definition) is 2. The molecular formula is C6HCl2F2NO2. The van der Waals surface area contributed by atoms with Crippen LogP contribution < -0.4 is 0 Å². The van der Waals surface area contributed by atoms with Crippen LogP contribution in [0, 0.1) is 21.7 Å². The van der Waals surface area contributed by atoms with Crippen molar-refractivity contribution in [1.29, 1.82) is 0 Å². The van der Waals surface area contributed by atoms with Gasteiger partial charge in [-0.25, -0.2) is 4.39 Å².